The van der Waals surface area contributed by atoms with Crippen molar-refractivity contribution in [1.82, 2.24) is 0 Å². The Labute approximate surface area is 97.8 Å². The summed E-state index contributed by atoms with van der Waals surface area (Å²) in [7, 11) is 0. The fourth-order valence-electron chi connectivity index (χ4n) is 1.25. The molecule has 86 valence electrons. The Morgan fingerprint density at radius 3 is 2.40 bits per heavy atom. The largest absolute Gasteiger partial charge is 0.466 e. The first-order valence-corrected chi connectivity index (χ1v) is 5.71. The molecule has 0 amide bonds. The zero-order valence-corrected chi connectivity index (χ0v) is 10.5. The molecular weight excluding hydrogens is 262 g/mol. The molecule has 0 bridgehead atoms. The van der Waals surface area contributed by atoms with Crippen molar-refractivity contribution in [3.05, 3.63) is 22.6 Å². The van der Waals surface area contributed by atoms with E-state index in [0.29, 0.717) is 19.0 Å². The predicted molar refractivity (Wildman–Crippen MR) is 60.4 cm³/mol. The Bertz CT molecular complexity index is 284. The van der Waals surface area contributed by atoms with Crippen LogP contribution in [0.4, 0.5) is 0 Å². The van der Waals surface area contributed by atoms with Crippen LogP contribution in [0.3, 0.4) is 0 Å². The minimum absolute atomic E-state index is 0.422. The van der Waals surface area contributed by atoms with Crippen LogP contribution in [0.15, 0.2) is 21.2 Å². The number of hydrogen-bond donors (Lipinski definition) is 1. The average Bonchev–Trinajstić information content (AvgIpc) is 2.63. The number of rotatable bonds is 6. The van der Waals surface area contributed by atoms with Crippen molar-refractivity contribution in [3.8, 4) is 0 Å². The van der Waals surface area contributed by atoms with Crippen LogP contribution in [0.25, 0.3) is 0 Å². The molecule has 1 aromatic rings. The molecule has 4 nitrogen and oxygen atoms in total. The second kappa shape index (κ2) is 6.27. The van der Waals surface area contributed by atoms with Crippen molar-refractivity contribution in [2.75, 3.05) is 13.2 Å². The summed E-state index contributed by atoms with van der Waals surface area (Å²) in [6, 6.07) is 1.37. The van der Waals surface area contributed by atoms with E-state index < -0.39 is 12.3 Å². The van der Waals surface area contributed by atoms with Crippen LogP contribution in [0.2, 0.25) is 0 Å². The molecule has 0 saturated carbocycles. The van der Waals surface area contributed by atoms with Gasteiger partial charge in [0.15, 0.2) is 6.29 Å². The highest BCUT2D eigenvalue weighted by molar-refractivity contribution is 9.10. The maximum absolute atomic E-state index is 5.98. The van der Waals surface area contributed by atoms with Crippen molar-refractivity contribution >= 4 is 15.9 Å². The second-order valence-electron chi connectivity index (χ2n) is 2.94. The molecule has 1 heterocycles. The summed E-state index contributed by atoms with van der Waals surface area (Å²) in [5.74, 6) is 0.641. The van der Waals surface area contributed by atoms with Crippen LogP contribution >= 0.6 is 15.9 Å². The van der Waals surface area contributed by atoms with Gasteiger partial charge >= 0.3 is 0 Å². The number of halogens is 1. The average molecular weight is 278 g/mol. The van der Waals surface area contributed by atoms with E-state index in [9.17, 15) is 0 Å². The maximum atomic E-state index is 5.98. The minimum atomic E-state index is -0.470. The molecule has 5 heteroatoms. The molecule has 1 rings (SSSR count). The van der Waals surface area contributed by atoms with Gasteiger partial charge in [-0.15, -0.1) is 0 Å². The maximum Gasteiger partial charge on any atom is 0.179 e. The fourth-order valence-corrected chi connectivity index (χ4v) is 1.72. The van der Waals surface area contributed by atoms with Crippen LogP contribution in [0.1, 0.15) is 25.6 Å². The number of hydrogen-bond acceptors (Lipinski definition) is 4. The van der Waals surface area contributed by atoms with E-state index in [-0.39, 0.29) is 0 Å². The van der Waals surface area contributed by atoms with Crippen LogP contribution in [0, 0.1) is 0 Å². The summed E-state index contributed by atoms with van der Waals surface area (Å²) < 4.78 is 16.9. The zero-order valence-electron chi connectivity index (χ0n) is 8.90. The van der Waals surface area contributed by atoms with Crippen LogP contribution in [-0.4, -0.2) is 19.5 Å². The van der Waals surface area contributed by atoms with Gasteiger partial charge in [0.1, 0.15) is 11.8 Å². The highest BCUT2D eigenvalue weighted by atomic mass is 79.9. The highest BCUT2D eigenvalue weighted by Crippen LogP contribution is 2.26. The summed E-state index contributed by atoms with van der Waals surface area (Å²) in [5, 5.41) is 0. The predicted octanol–water partition coefficient (Wildman–Crippen LogP) is 2.44. The Balaban J connectivity index is 2.71. The second-order valence-corrected chi connectivity index (χ2v) is 3.79. The molecule has 0 aliphatic carbocycles. The summed E-state index contributed by atoms with van der Waals surface area (Å²) in [5.41, 5.74) is 5.98. The molecule has 2 N–H and O–H groups in total. The molecule has 0 radical (unpaired) electrons. The van der Waals surface area contributed by atoms with Crippen molar-refractivity contribution in [2.24, 2.45) is 5.73 Å². The summed E-state index contributed by atoms with van der Waals surface area (Å²) in [6.07, 6.45) is 1.11. The lowest BCUT2D eigenvalue weighted by Crippen LogP contribution is -2.31. The SMILES string of the molecule is CCOC(OCC)C(N)c1occc1Br. The first kappa shape index (κ1) is 12.7. The van der Waals surface area contributed by atoms with Gasteiger partial charge in [-0.25, -0.2) is 0 Å². The monoisotopic (exact) mass is 277 g/mol. The quantitative estimate of drug-likeness (QED) is 0.812. The highest BCUT2D eigenvalue weighted by Gasteiger charge is 2.24. The van der Waals surface area contributed by atoms with E-state index in [1.807, 2.05) is 13.8 Å². The van der Waals surface area contributed by atoms with E-state index in [1.54, 1.807) is 12.3 Å². The van der Waals surface area contributed by atoms with Crippen molar-refractivity contribution in [2.45, 2.75) is 26.2 Å². The Morgan fingerprint density at radius 2 is 2.00 bits per heavy atom. The number of nitrogens with two attached hydrogens (primary N) is 1. The number of furan rings is 1. The van der Waals surface area contributed by atoms with E-state index in [2.05, 4.69) is 15.9 Å². The van der Waals surface area contributed by atoms with E-state index in [0.717, 1.165) is 4.47 Å². The van der Waals surface area contributed by atoms with Gasteiger partial charge in [-0.1, -0.05) is 0 Å². The number of ether oxygens (including phenoxy) is 2. The van der Waals surface area contributed by atoms with Gasteiger partial charge in [-0.3, -0.25) is 0 Å². The lowest BCUT2D eigenvalue weighted by molar-refractivity contribution is -0.151. The molecule has 0 aromatic carbocycles. The molecule has 0 aliphatic rings. The lowest BCUT2D eigenvalue weighted by Gasteiger charge is -2.22. The Morgan fingerprint density at radius 1 is 1.40 bits per heavy atom. The lowest BCUT2D eigenvalue weighted by atomic mass is 10.2. The van der Waals surface area contributed by atoms with Crippen LogP contribution < -0.4 is 5.73 Å². The smallest absolute Gasteiger partial charge is 0.179 e. The van der Waals surface area contributed by atoms with Gasteiger partial charge in [-0.05, 0) is 35.8 Å². The van der Waals surface area contributed by atoms with Gasteiger partial charge in [0.2, 0.25) is 0 Å². The van der Waals surface area contributed by atoms with E-state index in [1.165, 1.54) is 0 Å². The standard InChI is InChI=1S/C10H16BrNO3/c1-3-13-10(14-4-2)8(12)9-7(11)5-6-15-9/h5-6,8,10H,3-4,12H2,1-2H3. The molecule has 1 atom stereocenters. The normalized spacial score (nSPS) is 13.4. The first-order valence-electron chi connectivity index (χ1n) is 4.92. The molecule has 0 spiro atoms. The third-order valence-corrected chi connectivity index (χ3v) is 2.56. The molecule has 1 unspecified atom stereocenters. The Kier molecular flexibility index (Phi) is 5.31. The molecule has 0 fully saturated rings. The van der Waals surface area contributed by atoms with Crippen LogP contribution in [0.5, 0.6) is 0 Å². The summed E-state index contributed by atoms with van der Waals surface area (Å²) in [4.78, 5) is 0. The van der Waals surface area contributed by atoms with Gasteiger partial charge in [0.05, 0.1) is 10.7 Å². The van der Waals surface area contributed by atoms with Crippen molar-refractivity contribution < 1.29 is 13.9 Å². The molecule has 0 saturated heterocycles. The third kappa shape index (κ3) is 3.31. The summed E-state index contributed by atoms with van der Waals surface area (Å²) in [6.45, 7) is 4.90. The fraction of sp³-hybridized carbons (Fsp3) is 0.600. The van der Waals surface area contributed by atoms with Gasteiger partial charge in [-0.2, -0.15) is 0 Å². The first-order chi connectivity index (χ1) is 7.20. The van der Waals surface area contributed by atoms with Crippen LogP contribution in [-0.2, 0) is 9.47 Å². The van der Waals surface area contributed by atoms with Gasteiger partial charge in [0.25, 0.3) is 0 Å². The summed E-state index contributed by atoms with van der Waals surface area (Å²) >= 11 is 3.35. The molecule has 0 aliphatic heterocycles. The Hall–Kier alpha value is -0.360. The molecular formula is C10H16BrNO3. The minimum Gasteiger partial charge on any atom is -0.466 e. The molecule has 1 aromatic heterocycles. The van der Waals surface area contributed by atoms with Crippen molar-refractivity contribution in [1.29, 1.82) is 0 Å². The van der Waals surface area contributed by atoms with Gasteiger partial charge < -0.3 is 19.6 Å². The third-order valence-electron chi connectivity index (χ3n) is 1.90. The zero-order chi connectivity index (χ0) is 11.3. The van der Waals surface area contributed by atoms with Gasteiger partial charge in [0, 0.05) is 13.2 Å². The topological polar surface area (TPSA) is 57.6 Å². The molecule has 15 heavy (non-hydrogen) atoms. The van der Waals surface area contributed by atoms with Crippen molar-refractivity contribution in [3.63, 3.8) is 0 Å². The van der Waals surface area contributed by atoms with E-state index in [4.69, 9.17) is 19.6 Å². The van der Waals surface area contributed by atoms with E-state index >= 15 is 0 Å².